The van der Waals surface area contributed by atoms with Gasteiger partial charge in [0.2, 0.25) is 5.91 Å². The molecule has 1 unspecified atom stereocenters. The number of carbonyl (C=O) groups is 1. The molecule has 0 bridgehead atoms. The third-order valence-electron chi connectivity index (χ3n) is 4.46. The van der Waals surface area contributed by atoms with Crippen LogP contribution in [0.1, 0.15) is 12.5 Å². The highest BCUT2D eigenvalue weighted by Gasteiger charge is 2.25. The Bertz CT molecular complexity index is 727. The second-order valence-corrected chi connectivity index (χ2v) is 6.95. The maximum atomic E-state index is 13.3. The third kappa shape index (κ3) is 4.80. The van der Waals surface area contributed by atoms with Gasteiger partial charge in [-0.1, -0.05) is 30.7 Å². The molecule has 7 heteroatoms. The molecule has 0 spiro atoms. The summed E-state index contributed by atoms with van der Waals surface area (Å²) in [4.78, 5) is 16.7. The van der Waals surface area contributed by atoms with Gasteiger partial charge in [0.15, 0.2) is 0 Å². The Morgan fingerprint density at radius 3 is 2.72 bits per heavy atom. The van der Waals surface area contributed by atoms with Crippen LogP contribution in [0.15, 0.2) is 36.7 Å². The molecule has 1 amide bonds. The topological polar surface area (TPSA) is 41.4 Å². The Morgan fingerprint density at radius 1 is 1.32 bits per heavy atom. The van der Waals surface area contributed by atoms with Crippen molar-refractivity contribution < 1.29 is 9.18 Å². The lowest BCUT2D eigenvalue weighted by Crippen LogP contribution is -2.50. The predicted molar refractivity (Wildman–Crippen MR) is 94.7 cm³/mol. The fourth-order valence-corrected chi connectivity index (χ4v) is 3.28. The predicted octanol–water partition coefficient (Wildman–Crippen LogP) is 2.66. The summed E-state index contributed by atoms with van der Waals surface area (Å²) in [5, 5.41) is 4.70. The minimum absolute atomic E-state index is 0.136. The zero-order valence-corrected chi connectivity index (χ0v) is 15.0. The lowest BCUT2D eigenvalue weighted by Gasteiger charge is -2.36. The first-order valence-corrected chi connectivity index (χ1v) is 8.82. The van der Waals surface area contributed by atoms with Gasteiger partial charge in [0, 0.05) is 38.9 Å². The van der Waals surface area contributed by atoms with Gasteiger partial charge in [0.1, 0.15) is 5.82 Å². The molecular formula is C18H22ClFN4O. The number of carbonyl (C=O) groups excluding carboxylic acids is 1. The molecule has 0 saturated carbocycles. The van der Waals surface area contributed by atoms with Gasteiger partial charge < -0.3 is 4.90 Å². The molecule has 25 heavy (non-hydrogen) atoms. The monoisotopic (exact) mass is 364 g/mol. The molecule has 1 fully saturated rings. The van der Waals surface area contributed by atoms with E-state index in [1.54, 1.807) is 29.2 Å². The fraction of sp³-hybridized carbons (Fsp3) is 0.444. The average molecular weight is 365 g/mol. The fourth-order valence-electron chi connectivity index (χ4n) is 3.13. The lowest BCUT2D eigenvalue weighted by molar-refractivity contribution is -0.137. The molecule has 3 rings (SSSR count). The van der Waals surface area contributed by atoms with E-state index in [9.17, 15) is 9.18 Å². The van der Waals surface area contributed by atoms with Crippen molar-refractivity contribution in [1.29, 1.82) is 0 Å². The van der Waals surface area contributed by atoms with E-state index in [-0.39, 0.29) is 17.6 Å². The van der Waals surface area contributed by atoms with Crippen molar-refractivity contribution >= 4 is 17.5 Å². The molecule has 1 saturated heterocycles. The molecule has 0 N–H and O–H groups in total. The first-order valence-electron chi connectivity index (χ1n) is 8.45. The average Bonchev–Trinajstić information content (AvgIpc) is 3.00. The van der Waals surface area contributed by atoms with E-state index in [2.05, 4.69) is 10.00 Å². The summed E-state index contributed by atoms with van der Waals surface area (Å²) in [6.07, 6.45) is 3.30. The first-order chi connectivity index (χ1) is 12.0. The Kier molecular flexibility index (Phi) is 5.71. The van der Waals surface area contributed by atoms with E-state index < -0.39 is 0 Å². The van der Waals surface area contributed by atoms with Crippen LogP contribution in [-0.2, 0) is 17.9 Å². The lowest BCUT2D eigenvalue weighted by atomic mass is 10.1. The Balaban J connectivity index is 1.48. The summed E-state index contributed by atoms with van der Waals surface area (Å²) in [7, 11) is 0. The molecule has 0 radical (unpaired) electrons. The number of nitrogens with zero attached hydrogens (tertiary/aromatic N) is 4. The highest BCUT2D eigenvalue weighted by atomic mass is 35.5. The van der Waals surface area contributed by atoms with E-state index >= 15 is 0 Å². The summed E-state index contributed by atoms with van der Waals surface area (Å²) >= 11 is 5.86. The standard InChI is InChI=1S/C18H22ClFN4O/c1-14(11-24-13-16(19)10-21-24)18(25)23-7-5-22(6-8-23)12-15-3-2-4-17(20)9-15/h2-4,9-10,13-14H,5-8,11-12H2,1H3. The summed E-state index contributed by atoms with van der Waals surface area (Å²) < 4.78 is 15.0. The van der Waals surface area contributed by atoms with Crippen molar-refractivity contribution in [1.82, 2.24) is 19.6 Å². The normalized spacial score (nSPS) is 16.8. The minimum atomic E-state index is -0.209. The third-order valence-corrected chi connectivity index (χ3v) is 4.66. The van der Waals surface area contributed by atoms with Crippen LogP contribution in [0.5, 0.6) is 0 Å². The van der Waals surface area contributed by atoms with Crippen LogP contribution in [0.3, 0.4) is 0 Å². The van der Waals surface area contributed by atoms with Gasteiger partial charge in [-0.3, -0.25) is 14.4 Å². The van der Waals surface area contributed by atoms with Crippen molar-refractivity contribution in [3.8, 4) is 0 Å². The quantitative estimate of drug-likeness (QED) is 0.819. The SMILES string of the molecule is CC(Cn1cc(Cl)cn1)C(=O)N1CCN(Cc2cccc(F)c2)CC1. The largest absolute Gasteiger partial charge is 0.340 e. The van der Waals surface area contributed by atoms with Crippen LogP contribution >= 0.6 is 11.6 Å². The summed E-state index contributed by atoms with van der Waals surface area (Å²) in [5.41, 5.74) is 0.962. The van der Waals surface area contributed by atoms with Crippen LogP contribution in [0.25, 0.3) is 0 Å². The molecule has 2 heterocycles. The molecular weight excluding hydrogens is 343 g/mol. The molecule has 0 aliphatic carbocycles. The highest BCUT2D eigenvalue weighted by Crippen LogP contribution is 2.14. The van der Waals surface area contributed by atoms with E-state index in [0.29, 0.717) is 31.2 Å². The van der Waals surface area contributed by atoms with Crippen LogP contribution in [-0.4, -0.2) is 51.7 Å². The molecule has 1 aliphatic heterocycles. The zero-order valence-electron chi connectivity index (χ0n) is 14.2. The number of aromatic nitrogens is 2. The molecule has 2 aromatic rings. The first kappa shape index (κ1) is 17.9. The van der Waals surface area contributed by atoms with Gasteiger partial charge in [-0.25, -0.2) is 4.39 Å². The van der Waals surface area contributed by atoms with Gasteiger partial charge in [0.05, 0.1) is 23.7 Å². The second kappa shape index (κ2) is 7.97. The van der Waals surface area contributed by atoms with Crippen LogP contribution in [0, 0.1) is 11.7 Å². The number of piperazine rings is 1. The van der Waals surface area contributed by atoms with Gasteiger partial charge >= 0.3 is 0 Å². The van der Waals surface area contributed by atoms with Gasteiger partial charge in [0.25, 0.3) is 0 Å². The van der Waals surface area contributed by atoms with E-state index in [1.807, 2.05) is 17.9 Å². The number of amides is 1. The number of hydrogen-bond acceptors (Lipinski definition) is 3. The van der Waals surface area contributed by atoms with Crippen molar-refractivity contribution in [2.24, 2.45) is 5.92 Å². The van der Waals surface area contributed by atoms with Gasteiger partial charge in [-0.05, 0) is 17.7 Å². The van der Waals surface area contributed by atoms with Crippen LogP contribution in [0.4, 0.5) is 4.39 Å². The van der Waals surface area contributed by atoms with Gasteiger partial charge in [-0.2, -0.15) is 5.10 Å². The molecule has 1 aromatic carbocycles. The Morgan fingerprint density at radius 2 is 2.08 bits per heavy atom. The molecule has 1 aliphatic rings. The van der Waals surface area contributed by atoms with Crippen molar-refractivity contribution in [3.05, 3.63) is 53.1 Å². The van der Waals surface area contributed by atoms with E-state index in [0.717, 1.165) is 18.7 Å². The molecule has 1 atom stereocenters. The minimum Gasteiger partial charge on any atom is -0.340 e. The highest BCUT2D eigenvalue weighted by molar-refractivity contribution is 6.30. The summed E-state index contributed by atoms with van der Waals surface area (Å²) in [6.45, 7) is 6.12. The molecule has 134 valence electrons. The van der Waals surface area contributed by atoms with Crippen molar-refractivity contribution in [2.75, 3.05) is 26.2 Å². The number of hydrogen-bond donors (Lipinski definition) is 0. The van der Waals surface area contributed by atoms with E-state index in [1.165, 1.54) is 6.07 Å². The molecule has 5 nitrogen and oxygen atoms in total. The number of halogens is 2. The maximum absolute atomic E-state index is 13.3. The van der Waals surface area contributed by atoms with Crippen molar-refractivity contribution in [3.63, 3.8) is 0 Å². The number of benzene rings is 1. The summed E-state index contributed by atoms with van der Waals surface area (Å²) in [5.74, 6) is -0.221. The van der Waals surface area contributed by atoms with Crippen molar-refractivity contribution in [2.45, 2.75) is 20.0 Å². The van der Waals surface area contributed by atoms with E-state index in [4.69, 9.17) is 11.6 Å². The number of rotatable bonds is 5. The smallest absolute Gasteiger partial charge is 0.227 e. The Hall–Kier alpha value is -1.92. The molecule has 1 aromatic heterocycles. The van der Waals surface area contributed by atoms with Crippen LogP contribution < -0.4 is 0 Å². The van der Waals surface area contributed by atoms with Gasteiger partial charge in [-0.15, -0.1) is 0 Å². The second-order valence-electron chi connectivity index (χ2n) is 6.51. The zero-order chi connectivity index (χ0) is 17.8. The Labute approximate surface area is 152 Å². The maximum Gasteiger partial charge on any atom is 0.227 e. The van der Waals surface area contributed by atoms with Crippen LogP contribution in [0.2, 0.25) is 5.02 Å². The summed E-state index contributed by atoms with van der Waals surface area (Å²) in [6, 6.07) is 6.68.